The molecule has 2 aliphatic rings. The highest BCUT2D eigenvalue weighted by molar-refractivity contribution is 7.89. The van der Waals surface area contributed by atoms with Crippen LogP contribution >= 0.6 is 0 Å². The summed E-state index contributed by atoms with van der Waals surface area (Å²) < 4.78 is 25.2. The Morgan fingerprint density at radius 1 is 1.12 bits per heavy atom. The van der Waals surface area contributed by atoms with E-state index in [1.807, 2.05) is 0 Å². The van der Waals surface area contributed by atoms with Crippen molar-refractivity contribution in [3.05, 3.63) is 0 Å². The van der Waals surface area contributed by atoms with E-state index in [0.29, 0.717) is 32.5 Å². The Bertz CT molecular complexity index is 520. The monoisotopic (exact) mass is 373 g/mol. The average Bonchev–Trinajstić information content (AvgIpc) is 2.58. The van der Waals surface area contributed by atoms with Crippen molar-refractivity contribution in [3.8, 4) is 0 Å². The third-order valence-corrected chi connectivity index (χ3v) is 7.36. The van der Waals surface area contributed by atoms with Gasteiger partial charge < -0.3 is 10.2 Å². The van der Waals surface area contributed by atoms with E-state index in [1.165, 1.54) is 23.8 Å². The Morgan fingerprint density at radius 2 is 1.72 bits per heavy atom. The van der Waals surface area contributed by atoms with Crippen LogP contribution in [0.2, 0.25) is 0 Å². The van der Waals surface area contributed by atoms with Crippen molar-refractivity contribution in [2.24, 2.45) is 17.8 Å². The van der Waals surface area contributed by atoms with Gasteiger partial charge in [0.25, 0.3) is 0 Å². The van der Waals surface area contributed by atoms with E-state index in [0.717, 1.165) is 24.8 Å². The molecule has 0 aromatic rings. The van der Waals surface area contributed by atoms with Crippen LogP contribution in [0, 0.1) is 17.8 Å². The smallest absolute Gasteiger partial charge is 0.223 e. The second-order valence-corrected chi connectivity index (χ2v) is 10.2. The molecule has 0 aromatic carbocycles. The summed E-state index contributed by atoms with van der Waals surface area (Å²) in [6.45, 7) is 11.3. The lowest BCUT2D eigenvalue weighted by Gasteiger charge is -2.35. The van der Waals surface area contributed by atoms with Crippen LogP contribution in [0.1, 0.15) is 46.5 Å². The fraction of sp³-hybridized carbons (Fsp3) is 0.944. The number of likely N-dealkylation sites (tertiary alicyclic amines) is 1. The Labute approximate surface area is 153 Å². The molecule has 146 valence electrons. The van der Waals surface area contributed by atoms with Crippen LogP contribution in [0.3, 0.4) is 0 Å². The van der Waals surface area contributed by atoms with E-state index in [1.54, 1.807) is 6.92 Å². The molecule has 7 heteroatoms. The molecule has 0 unspecified atom stereocenters. The molecule has 0 saturated carbocycles. The molecule has 0 aliphatic carbocycles. The van der Waals surface area contributed by atoms with Gasteiger partial charge in [0.2, 0.25) is 15.9 Å². The molecule has 2 heterocycles. The van der Waals surface area contributed by atoms with Crippen LogP contribution in [0.5, 0.6) is 0 Å². The minimum Gasteiger partial charge on any atom is -0.356 e. The number of carbonyl (C=O) groups excluding carboxylic acids is 1. The van der Waals surface area contributed by atoms with E-state index >= 15 is 0 Å². The van der Waals surface area contributed by atoms with E-state index in [9.17, 15) is 13.2 Å². The van der Waals surface area contributed by atoms with Crippen LogP contribution in [-0.4, -0.2) is 68.6 Å². The number of nitrogens with one attached hydrogen (secondary N) is 1. The topological polar surface area (TPSA) is 69.7 Å². The zero-order valence-electron chi connectivity index (χ0n) is 16.0. The summed E-state index contributed by atoms with van der Waals surface area (Å²) >= 11 is 0. The van der Waals surface area contributed by atoms with Crippen LogP contribution in [0.4, 0.5) is 0 Å². The molecule has 0 spiro atoms. The first-order chi connectivity index (χ1) is 11.8. The zero-order chi connectivity index (χ0) is 18.4. The summed E-state index contributed by atoms with van der Waals surface area (Å²) in [5.74, 6) is 1.72. The first-order valence-corrected chi connectivity index (χ1v) is 11.4. The molecule has 0 aromatic heterocycles. The first-order valence-electron chi connectivity index (χ1n) is 9.79. The normalized spacial score (nSPS) is 27.3. The molecule has 2 saturated heterocycles. The number of hydrogen-bond acceptors (Lipinski definition) is 4. The largest absolute Gasteiger partial charge is 0.356 e. The van der Waals surface area contributed by atoms with Crippen molar-refractivity contribution in [1.29, 1.82) is 0 Å². The molecule has 6 nitrogen and oxygen atoms in total. The zero-order valence-corrected chi connectivity index (χ0v) is 16.9. The predicted molar refractivity (Wildman–Crippen MR) is 101 cm³/mol. The SMILES string of the molecule is CCS(=O)(=O)N1CCC(C(=O)NCCCN2C[C@H](C)C[C@@H](C)C2)CC1. The summed E-state index contributed by atoms with van der Waals surface area (Å²) in [5.41, 5.74) is 0. The summed E-state index contributed by atoms with van der Waals surface area (Å²) in [6.07, 6.45) is 3.56. The van der Waals surface area contributed by atoms with Crippen molar-refractivity contribution < 1.29 is 13.2 Å². The van der Waals surface area contributed by atoms with Gasteiger partial charge in [-0.05, 0) is 51.0 Å². The van der Waals surface area contributed by atoms with Gasteiger partial charge in [-0.3, -0.25) is 4.79 Å². The minimum atomic E-state index is -3.12. The predicted octanol–water partition coefficient (Wildman–Crippen LogP) is 1.53. The summed E-state index contributed by atoms with van der Waals surface area (Å²) in [7, 11) is -3.12. The molecule has 1 amide bonds. The number of piperidine rings is 2. The van der Waals surface area contributed by atoms with Crippen molar-refractivity contribution in [2.75, 3.05) is 45.0 Å². The highest BCUT2D eigenvalue weighted by Crippen LogP contribution is 2.21. The number of carbonyl (C=O) groups is 1. The van der Waals surface area contributed by atoms with Crippen molar-refractivity contribution >= 4 is 15.9 Å². The minimum absolute atomic E-state index is 0.0432. The highest BCUT2D eigenvalue weighted by atomic mass is 32.2. The van der Waals surface area contributed by atoms with Gasteiger partial charge in [-0.25, -0.2) is 12.7 Å². The molecule has 2 atom stereocenters. The lowest BCUT2D eigenvalue weighted by molar-refractivity contribution is -0.126. The number of hydrogen-bond donors (Lipinski definition) is 1. The lowest BCUT2D eigenvalue weighted by Crippen LogP contribution is -2.44. The molecule has 25 heavy (non-hydrogen) atoms. The van der Waals surface area contributed by atoms with Gasteiger partial charge in [0.05, 0.1) is 5.75 Å². The lowest BCUT2D eigenvalue weighted by atomic mass is 9.92. The van der Waals surface area contributed by atoms with Crippen molar-refractivity contribution in [1.82, 2.24) is 14.5 Å². The molecule has 0 bridgehead atoms. The maximum atomic E-state index is 12.3. The fourth-order valence-electron chi connectivity index (χ4n) is 4.21. The Kier molecular flexibility index (Phi) is 7.70. The molecular formula is C18H35N3O3S. The summed E-state index contributed by atoms with van der Waals surface area (Å²) in [5, 5.41) is 3.05. The molecule has 2 fully saturated rings. The first kappa shape index (κ1) is 20.6. The second-order valence-electron chi connectivity index (χ2n) is 7.92. The highest BCUT2D eigenvalue weighted by Gasteiger charge is 2.30. The summed E-state index contributed by atoms with van der Waals surface area (Å²) in [4.78, 5) is 14.8. The van der Waals surface area contributed by atoms with Gasteiger partial charge in [-0.1, -0.05) is 13.8 Å². The van der Waals surface area contributed by atoms with E-state index in [2.05, 4.69) is 24.1 Å². The maximum Gasteiger partial charge on any atom is 0.223 e. The summed E-state index contributed by atoms with van der Waals surface area (Å²) in [6, 6.07) is 0. The molecule has 1 N–H and O–H groups in total. The molecule has 0 radical (unpaired) electrons. The maximum absolute atomic E-state index is 12.3. The average molecular weight is 374 g/mol. The van der Waals surface area contributed by atoms with Crippen LogP contribution < -0.4 is 5.32 Å². The van der Waals surface area contributed by atoms with Crippen LogP contribution in [0.15, 0.2) is 0 Å². The van der Waals surface area contributed by atoms with Crippen molar-refractivity contribution in [2.45, 2.75) is 46.5 Å². The van der Waals surface area contributed by atoms with Gasteiger partial charge in [0.15, 0.2) is 0 Å². The molecule has 2 rings (SSSR count). The molecular weight excluding hydrogens is 338 g/mol. The Balaban J connectivity index is 1.63. The standard InChI is InChI=1S/C18H35N3O3S/c1-4-25(23,24)21-10-6-17(7-11-21)18(22)19-8-5-9-20-13-15(2)12-16(3)14-20/h15-17H,4-14H2,1-3H3,(H,19,22)/t15-,16-/m1/s1. The van der Waals surface area contributed by atoms with E-state index in [4.69, 9.17) is 0 Å². The number of amides is 1. The van der Waals surface area contributed by atoms with Crippen molar-refractivity contribution in [3.63, 3.8) is 0 Å². The third-order valence-electron chi connectivity index (χ3n) is 5.48. The Morgan fingerprint density at radius 3 is 2.28 bits per heavy atom. The Hall–Kier alpha value is -0.660. The third kappa shape index (κ3) is 6.22. The number of rotatable bonds is 7. The number of nitrogens with zero attached hydrogens (tertiary/aromatic N) is 2. The van der Waals surface area contributed by atoms with Gasteiger partial charge >= 0.3 is 0 Å². The second kappa shape index (κ2) is 9.33. The van der Waals surface area contributed by atoms with Gasteiger partial charge in [-0.15, -0.1) is 0 Å². The van der Waals surface area contributed by atoms with E-state index in [-0.39, 0.29) is 17.6 Å². The van der Waals surface area contributed by atoms with Gasteiger partial charge in [-0.2, -0.15) is 0 Å². The van der Waals surface area contributed by atoms with Crippen LogP contribution in [0.25, 0.3) is 0 Å². The molecule has 2 aliphatic heterocycles. The fourth-order valence-corrected chi connectivity index (χ4v) is 5.34. The van der Waals surface area contributed by atoms with E-state index < -0.39 is 10.0 Å². The van der Waals surface area contributed by atoms with Gasteiger partial charge in [0, 0.05) is 38.6 Å². The van der Waals surface area contributed by atoms with Gasteiger partial charge in [0.1, 0.15) is 0 Å². The quantitative estimate of drug-likeness (QED) is 0.687. The van der Waals surface area contributed by atoms with Crippen LogP contribution in [-0.2, 0) is 14.8 Å². The number of sulfonamides is 1.